The van der Waals surface area contributed by atoms with Crippen molar-refractivity contribution < 1.29 is 4.74 Å². The van der Waals surface area contributed by atoms with E-state index in [0.29, 0.717) is 0 Å². The molecule has 0 bridgehead atoms. The molecule has 1 N–H and O–H groups in total. The fourth-order valence-electron chi connectivity index (χ4n) is 3.69. The summed E-state index contributed by atoms with van der Waals surface area (Å²) in [7, 11) is 7.77. The van der Waals surface area contributed by atoms with Gasteiger partial charge in [0.1, 0.15) is 5.75 Å². The lowest BCUT2D eigenvalue weighted by atomic mass is 10.1. The van der Waals surface area contributed by atoms with Crippen LogP contribution < -0.4 is 15.0 Å². The van der Waals surface area contributed by atoms with Crippen molar-refractivity contribution in [2.75, 3.05) is 59.3 Å². The van der Waals surface area contributed by atoms with Crippen LogP contribution in [-0.2, 0) is 13.1 Å². The zero-order valence-electron chi connectivity index (χ0n) is 18.5. The first-order valence-electron chi connectivity index (χ1n) is 10.2. The minimum Gasteiger partial charge on any atom is -0.495 e. The third kappa shape index (κ3) is 6.50. The Morgan fingerprint density at radius 1 is 1.00 bits per heavy atom. The predicted molar refractivity (Wildman–Crippen MR) is 136 cm³/mol. The molecular formula is C23H34IN5O. The number of benzene rings is 2. The minimum absolute atomic E-state index is 0. The third-order valence-corrected chi connectivity index (χ3v) is 5.19. The van der Waals surface area contributed by atoms with Crippen LogP contribution in [0.15, 0.2) is 53.5 Å². The molecule has 1 saturated heterocycles. The Morgan fingerprint density at radius 3 is 2.23 bits per heavy atom. The Balaban J connectivity index is 0.00000320. The fraction of sp³-hybridized carbons (Fsp3) is 0.435. The molecule has 0 aromatic heterocycles. The minimum atomic E-state index is 0. The molecule has 0 spiro atoms. The molecule has 0 amide bonds. The number of nitrogens with zero attached hydrogens (tertiary/aromatic N) is 4. The normalized spacial score (nSPS) is 14.5. The van der Waals surface area contributed by atoms with Crippen molar-refractivity contribution in [2.45, 2.75) is 13.1 Å². The highest BCUT2D eigenvalue weighted by molar-refractivity contribution is 14.0. The molecule has 0 radical (unpaired) electrons. The summed E-state index contributed by atoms with van der Waals surface area (Å²) in [5.41, 5.74) is 3.76. The highest BCUT2D eigenvalue weighted by atomic mass is 127. The number of piperazine rings is 1. The predicted octanol–water partition coefficient (Wildman–Crippen LogP) is 3.27. The maximum atomic E-state index is 5.52. The van der Waals surface area contributed by atoms with Crippen LogP contribution in [0.3, 0.4) is 0 Å². The number of methoxy groups -OCH3 is 1. The smallest absolute Gasteiger partial charge is 0.194 e. The van der Waals surface area contributed by atoms with E-state index in [4.69, 9.17) is 4.74 Å². The zero-order valence-corrected chi connectivity index (χ0v) is 20.8. The Bertz CT molecular complexity index is 801. The van der Waals surface area contributed by atoms with E-state index in [9.17, 15) is 0 Å². The van der Waals surface area contributed by atoms with E-state index in [1.165, 1.54) is 11.1 Å². The molecule has 3 rings (SSSR count). The number of rotatable bonds is 6. The quantitative estimate of drug-likeness (QED) is 0.358. The molecule has 1 aliphatic heterocycles. The van der Waals surface area contributed by atoms with Gasteiger partial charge in [-0.05, 0) is 37.4 Å². The summed E-state index contributed by atoms with van der Waals surface area (Å²) in [6.07, 6.45) is 0. The van der Waals surface area contributed by atoms with Gasteiger partial charge >= 0.3 is 0 Å². The molecule has 0 aliphatic carbocycles. The number of halogens is 1. The van der Waals surface area contributed by atoms with Crippen molar-refractivity contribution in [2.24, 2.45) is 4.99 Å². The van der Waals surface area contributed by atoms with Gasteiger partial charge in [-0.3, -0.25) is 4.99 Å². The van der Waals surface area contributed by atoms with Crippen molar-refractivity contribution in [1.82, 2.24) is 15.1 Å². The molecule has 0 saturated carbocycles. The largest absolute Gasteiger partial charge is 0.495 e. The summed E-state index contributed by atoms with van der Waals surface area (Å²) >= 11 is 0. The van der Waals surface area contributed by atoms with Gasteiger partial charge in [0, 0.05) is 46.3 Å². The SMILES string of the molecule is CN=C(NCc1ccc(CN(C)C)cc1)N1CCN(c2ccccc2OC)CC1.I. The average Bonchev–Trinajstić information content (AvgIpc) is 2.75. The fourth-order valence-corrected chi connectivity index (χ4v) is 3.69. The topological polar surface area (TPSA) is 43.3 Å². The average molecular weight is 523 g/mol. The molecule has 7 heteroatoms. The van der Waals surface area contributed by atoms with Crippen LogP contribution in [0.5, 0.6) is 5.75 Å². The number of anilines is 1. The Kier molecular flexibility index (Phi) is 9.71. The number of aliphatic imine (C=N–C) groups is 1. The van der Waals surface area contributed by atoms with Crippen molar-refractivity contribution in [3.63, 3.8) is 0 Å². The standard InChI is InChI=1S/C23H33N5O.HI/c1-24-23(25-17-19-9-11-20(12-10-19)18-26(2)3)28-15-13-27(14-16-28)21-7-5-6-8-22(21)29-4;/h5-12H,13-18H2,1-4H3,(H,24,25);1H. The number of hydrogen-bond acceptors (Lipinski definition) is 4. The number of guanidine groups is 1. The van der Waals surface area contributed by atoms with Crippen LogP contribution in [0.4, 0.5) is 5.69 Å². The molecule has 0 atom stereocenters. The molecule has 1 heterocycles. The molecule has 6 nitrogen and oxygen atoms in total. The highest BCUT2D eigenvalue weighted by Gasteiger charge is 2.21. The van der Waals surface area contributed by atoms with Gasteiger partial charge < -0.3 is 24.8 Å². The number of hydrogen-bond donors (Lipinski definition) is 1. The van der Waals surface area contributed by atoms with E-state index in [1.807, 2.05) is 19.2 Å². The van der Waals surface area contributed by atoms with E-state index in [0.717, 1.165) is 56.7 Å². The van der Waals surface area contributed by atoms with Gasteiger partial charge in [0.25, 0.3) is 0 Å². The number of nitrogens with one attached hydrogen (secondary N) is 1. The van der Waals surface area contributed by atoms with Crippen molar-refractivity contribution >= 4 is 35.6 Å². The van der Waals surface area contributed by atoms with Crippen LogP contribution in [0.1, 0.15) is 11.1 Å². The van der Waals surface area contributed by atoms with Crippen molar-refractivity contribution in [3.05, 3.63) is 59.7 Å². The van der Waals surface area contributed by atoms with Gasteiger partial charge in [0.05, 0.1) is 12.8 Å². The first-order valence-corrected chi connectivity index (χ1v) is 10.2. The lowest BCUT2D eigenvalue weighted by Gasteiger charge is -2.38. The lowest BCUT2D eigenvalue weighted by Crippen LogP contribution is -2.52. The maximum absolute atomic E-state index is 5.52. The molecule has 1 fully saturated rings. The lowest BCUT2D eigenvalue weighted by molar-refractivity contribution is 0.367. The van der Waals surface area contributed by atoms with Crippen LogP contribution in [0, 0.1) is 0 Å². The Morgan fingerprint density at radius 2 is 1.63 bits per heavy atom. The van der Waals surface area contributed by atoms with E-state index in [2.05, 4.69) is 75.5 Å². The van der Waals surface area contributed by atoms with E-state index in [1.54, 1.807) is 7.11 Å². The van der Waals surface area contributed by atoms with Gasteiger partial charge in [0.2, 0.25) is 0 Å². The summed E-state index contributed by atoms with van der Waals surface area (Å²) in [4.78, 5) is 11.4. The zero-order chi connectivity index (χ0) is 20.6. The first-order chi connectivity index (χ1) is 14.1. The first kappa shape index (κ1) is 24.3. The summed E-state index contributed by atoms with van der Waals surface area (Å²) < 4.78 is 5.52. The molecule has 2 aromatic rings. The number of ether oxygens (including phenoxy) is 1. The van der Waals surface area contributed by atoms with E-state index < -0.39 is 0 Å². The van der Waals surface area contributed by atoms with Gasteiger partial charge in [-0.25, -0.2) is 0 Å². The second-order valence-electron chi connectivity index (χ2n) is 7.60. The molecule has 0 unspecified atom stereocenters. The summed E-state index contributed by atoms with van der Waals surface area (Å²) in [6, 6.07) is 17.0. The third-order valence-electron chi connectivity index (χ3n) is 5.19. The van der Waals surface area contributed by atoms with Crippen LogP contribution >= 0.6 is 24.0 Å². The molecule has 164 valence electrons. The van der Waals surface area contributed by atoms with E-state index in [-0.39, 0.29) is 24.0 Å². The van der Waals surface area contributed by atoms with Crippen LogP contribution in [0.2, 0.25) is 0 Å². The van der Waals surface area contributed by atoms with Gasteiger partial charge in [-0.15, -0.1) is 24.0 Å². The highest BCUT2D eigenvalue weighted by Crippen LogP contribution is 2.28. The van der Waals surface area contributed by atoms with Crippen molar-refractivity contribution in [1.29, 1.82) is 0 Å². The number of para-hydroxylation sites is 2. The summed E-state index contributed by atoms with van der Waals surface area (Å²) in [5, 5.41) is 3.52. The Hall–Kier alpha value is -2.00. The van der Waals surface area contributed by atoms with E-state index >= 15 is 0 Å². The van der Waals surface area contributed by atoms with Gasteiger partial charge in [-0.1, -0.05) is 36.4 Å². The van der Waals surface area contributed by atoms with Crippen molar-refractivity contribution in [3.8, 4) is 5.75 Å². The van der Waals surface area contributed by atoms with Gasteiger partial charge in [0.15, 0.2) is 5.96 Å². The Labute approximate surface area is 197 Å². The molecular weight excluding hydrogens is 489 g/mol. The second kappa shape index (κ2) is 12.0. The van der Waals surface area contributed by atoms with Crippen LogP contribution in [-0.4, -0.2) is 70.2 Å². The summed E-state index contributed by atoms with van der Waals surface area (Å²) in [6.45, 7) is 5.49. The molecule has 2 aromatic carbocycles. The summed E-state index contributed by atoms with van der Waals surface area (Å²) in [5.74, 6) is 1.89. The second-order valence-corrected chi connectivity index (χ2v) is 7.60. The monoisotopic (exact) mass is 523 g/mol. The molecule has 1 aliphatic rings. The van der Waals surface area contributed by atoms with Crippen LogP contribution in [0.25, 0.3) is 0 Å². The molecule has 30 heavy (non-hydrogen) atoms. The van der Waals surface area contributed by atoms with Gasteiger partial charge in [-0.2, -0.15) is 0 Å². The maximum Gasteiger partial charge on any atom is 0.194 e.